The van der Waals surface area contributed by atoms with Gasteiger partial charge >= 0.3 is 12.1 Å². The first-order valence-corrected chi connectivity index (χ1v) is 16.3. The van der Waals surface area contributed by atoms with Gasteiger partial charge in [0.25, 0.3) is 0 Å². The first-order chi connectivity index (χ1) is 21.4. The summed E-state index contributed by atoms with van der Waals surface area (Å²) in [6, 6.07) is 18.6. The van der Waals surface area contributed by atoms with Crippen LogP contribution in [-0.4, -0.2) is 70.2 Å². The minimum Gasteiger partial charge on any atom is -0.449 e. The topological polar surface area (TPSA) is 93.8 Å². The summed E-state index contributed by atoms with van der Waals surface area (Å²) in [5.41, 5.74) is 4.99. The number of para-hydroxylation sites is 1. The molecule has 2 fully saturated rings. The SMILES string of the molecule is Cc1cccc(NC(=O)N(CCCN2[C@@H]3CC[C@H]2CC(C2c4nc[nH]c4CCN2C(=O)OCC(C)C)C3)c2ccccc2)c1. The van der Waals surface area contributed by atoms with E-state index in [1.807, 2.05) is 71.3 Å². The number of anilines is 2. The quantitative estimate of drug-likeness (QED) is 0.283. The molecule has 2 unspecified atom stereocenters. The molecule has 3 aliphatic heterocycles. The zero-order chi connectivity index (χ0) is 30.6. The third-order valence-corrected chi connectivity index (χ3v) is 9.49. The summed E-state index contributed by atoms with van der Waals surface area (Å²) in [5.74, 6) is 0.646. The molecule has 2 N–H and O–H groups in total. The van der Waals surface area contributed by atoms with Crippen molar-refractivity contribution in [3.63, 3.8) is 0 Å². The fraction of sp³-hybridized carbons (Fsp3) is 0.514. The lowest BCUT2D eigenvalue weighted by molar-refractivity contribution is 0.0260. The minimum atomic E-state index is -0.211. The zero-order valence-corrected chi connectivity index (χ0v) is 26.2. The molecule has 3 aliphatic rings. The number of piperidine rings is 1. The predicted molar refractivity (Wildman–Crippen MR) is 173 cm³/mol. The number of nitrogens with zero attached hydrogens (tertiary/aromatic N) is 4. The number of hydrogen-bond donors (Lipinski definition) is 2. The molecule has 9 heteroatoms. The van der Waals surface area contributed by atoms with E-state index in [1.165, 1.54) is 12.8 Å². The highest BCUT2D eigenvalue weighted by atomic mass is 16.6. The van der Waals surface area contributed by atoms with Crippen molar-refractivity contribution in [3.05, 3.63) is 77.9 Å². The largest absolute Gasteiger partial charge is 0.449 e. The minimum absolute atomic E-state index is 0.0474. The maximum absolute atomic E-state index is 13.5. The molecule has 0 radical (unpaired) electrons. The summed E-state index contributed by atoms with van der Waals surface area (Å²) in [6.07, 6.45) is 7.66. The van der Waals surface area contributed by atoms with Gasteiger partial charge in [-0.25, -0.2) is 14.6 Å². The Morgan fingerprint density at radius 1 is 1.09 bits per heavy atom. The van der Waals surface area contributed by atoms with Gasteiger partial charge in [0.1, 0.15) is 0 Å². The maximum Gasteiger partial charge on any atom is 0.410 e. The van der Waals surface area contributed by atoms with Gasteiger partial charge in [-0.05, 0) is 80.7 Å². The molecule has 4 heterocycles. The zero-order valence-electron chi connectivity index (χ0n) is 26.2. The Kier molecular flexibility index (Phi) is 9.21. The van der Waals surface area contributed by atoms with Crippen molar-refractivity contribution in [2.24, 2.45) is 11.8 Å². The molecule has 3 amide bonds. The lowest BCUT2D eigenvalue weighted by Gasteiger charge is -2.45. The number of aromatic amines is 1. The number of nitrogens with one attached hydrogen (secondary N) is 2. The molecule has 0 saturated carbocycles. The Balaban J connectivity index is 1.11. The molecular weight excluding hydrogens is 552 g/mol. The van der Waals surface area contributed by atoms with Crippen molar-refractivity contribution in [3.8, 4) is 0 Å². The second-order valence-electron chi connectivity index (χ2n) is 13.1. The Hall–Kier alpha value is -3.85. The first-order valence-electron chi connectivity index (χ1n) is 16.3. The molecule has 2 aromatic carbocycles. The third kappa shape index (κ3) is 6.62. The van der Waals surface area contributed by atoms with Gasteiger partial charge < -0.3 is 15.0 Å². The number of hydrogen-bond acceptors (Lipinski definition) is 5. The highest BCUT2D eigenvalue weighted by Crippen LogP contribution is 2.46. The predicted octanol–water partition coefficient (Wildman–Crippen LogP) is 6.78. The maximum atomic E-state index is 13.5. The van der Waals surface area contributed by atoms with Crippen LogP contribution in [0.2, 0.25) is 0 Å². The van der Waals surface area contributed by atoms with Gasteiger partial charge in [-0.1, -0.05) is 44.2 Å². The molecule has 234 valence electrons. The molecular formula is C35H46N6O3. The number of carbonyl (C=O) groups excluding carboxylic acids is 2. The van der Waals surface area contributed by atoms with Crippen LogP contribution in [0.5, 0.6) is 0 Å². The number of benzene rings is 2. The Labute approximate surface area is 261 Å². The molecule has 1 aromatic heterocycles. The van der Waals surface area contributed by atoms with Gasteiger partial charge in [0, 0.05) is 55.2 Å². The number of urea groups is 1. The summed E-state index contributed by atoms with van der Waals surface area (Å²) in [4.78, 5) is 41.3. The van der Waals surface area contributed by atoms with Crippen LogP contribution in [-0.2, 0) is 11.2 Å². The van der Waals surface area contributed by atoms with Crippen molar-refractivity contribution < 1.29 is 14.3 Å². The fourth-order valence-corrected chi connectivity index (χ4v) is 7.53. The van der Waals surface area contributed by atoms with E-state index in [4.69, 9.17) is 9.72 Å². The summed E-state index contributed by atoms with van der Waals surface area (Å²) in [5, 5.41) is 3.10. The Morgan fingerprint density at radius 2 is 1.86 bits per heavy atom. The highest BCUT2D eigenvalue weighted by molar-refractivity contribution is 6.01. The average Bonchev–Trinajstić information content (AvgIpc) is 3.58. The van der Waals surface area contributed by atoms with Crippen LogP contribution in [0.3, 0.4) is 0 Å². The van der Waals surface area contributed by atoms with Crippen LogP contribution in [0.15, 0.2) is 60.9 Å². The van der Waals surface area contributed by atoms with Crippen LogP contribution >= 0.6 is 0 Å². The number of carbonyl (C=O) groups is 2. The van der Waals surface area contributed by atoms with Gasteiger partial charge in [0.2, 0.25) is 0 Å². The third-order valence-electron chi connectivity index (χ3n) is 9.49. The van der Waals surface area contributed by atoms with Crippen molar-refractivity contribution in [2.45, 2.75) is 77.4 Å². The highest BCUT2D eigenvalue weighted by Gasteiger charge is 2.47. The van der Waals surface area contributed by atoms with E-state index < -0.39 is 0 Å². The van der Waals surface area contributed by atoms with E-state index in [-0.39, 0.29) is 18.2 Å². The molecule has 0 spiro atoms. The second-order valence-corrected chi connectivity index (χ2v) is 13.1. The standard InChI is InChI=1S/C35H46N6O3/c1-24(2)22-44-35(43)41-18-15-31-32(37-23-36-31)33(41)26-20-29-13-14-30(21-26)39(29)16-8-17-40(28-11-5-4-6-12-28)34(42)38-27-10-7-9-25(3)19-27/h4-7,9-12,19,23-24,26,29-30,33H,8,13-18,20-22H2,1-3H3,(H,36,37)(H,38,42)/t26?,29-,30+,33?. The normalized spacial score (nSPS) is 23.0. The number of fused-ring (bicyclic) bond motifs is 3. The monoisotopic (exact) mass is 598 g/mol. The molecule has 4 atom stereocenters. The molecule has 6 rings (SSSR count). The van der Waals surface area contributed by atoms with Crippen molar-refractivity contribution in [1.82, 2.24) is 19.8 Å². The van der Waals surface area contributed by atoms with E-state index >= 15 is 0 Å². The van der Waals surface area contributed by atoms with E-state index in [1.54, 1.807) is 6.33 Å². The average molecular weight is 599 g/mol. The molecule has 2 saturated heterocycles. The van der Waals surface area contributed by atoms with Crippen molar-refractivity contribution >= 4 is 23.5 Å². The van der Waals surface area contributed by atoms with Crippen molar-refractivity contribution in [2.75, 3.05) is 36.5 Å². The number of ether oxygens (including phenoxy) is 1. The van der Waals surface area contributed by atoms with Gasteiger partial charge in [-0.15, -0.1) is 0 Å². The van der Waals surface area contributed by atoms with Crippen molar-refractivity contribution in [1.29, 1.82) is 0 Å². The summed E-state index contributed by atoms with van der Waals surface area (Å²) < 4.78 is 5.72. The van der Waals surface area contributed by atoms with Crippen LogP contribution in [0.4, 0.5) is 21.0 Å². The lowest BCUT2D eigenvalue weighted by Crippen LogP contribution is -2.50. The smallest absolute Gasteiger partial charge is 0.410 e. The summed E-state index contributed by atoms with van der Waals surface area (Å²) >= 11 is 0. The number of H-pyrrole nitrogens is 1. The fourth-order valence-electron chi connectivity index (χ4n) is 7.53. The number of rotatable bonds is 9. The second kappa shape index (κ2) is 13.4. The molecule has 0 aliphatic carbocycles. The van der Waals surface area contributed by atoms with Gasteiger partial charge in [-0.2, -0.15) is 0 Å². The Morgan fingerprint density at radius 3 is 2.59 bits per heavy atom. The lowest BCUT2D eigenvalue weighted by atomic mass is 9.80. The van der Waals surface area contributed by atoms with Crippen LogP contribution in [0, 0.1) is 18.8 Å². The van der Waals surface area contributed by atoms with Crippen LogP contribution < -0.4 is 10.2 Å². The number of aromatic nitrogens is 2. The first kappa shape index (κ1) is 30.2. The molecule has 44 heavy (non-hydrogen) atoms. The van der Waals surface area contributed by atoms with Gasteiger partial charge in [0.15, 0.2) is 0 Å². The van der Waals surface area contributed by atoms with E-state index in [0.717, 1.165) is 60.6 Å². The van der Waals surface area contributed by atoms with E-state index in [9.17, 15) is 9.59 Å². The van der Waals surface area contributed by atoms with Crippen LogP contribution in [0.1, 0.15) is 68.9 Å². The number of aryl methyl sites for hydroxylation is 1. The molecule has 2 bridgehead atoms. The van der Waals surface area contributed by atoms with Gasteiger partial charge in [0.05, 0.1) is 24.7 Å². The summed E-state index contributed by atoms with van der Waals surface area (Å²) in [6.45, 7) is 8.83. The van der Waals surface area contributed by atoms with Crippen LogP contribution in [0.25, 0.3) is 0 Å². The molecule has 3 aromatic rings. The van der Waals surface area contributed by atoms with E-state index in [2.05, 4.69) is 29.0 Å². The number of imidazole rings is 1. The number of amides is 3. The molecule has 9 nitrogen and oxygen atoms in total. The summed E-state index contributed by atoms with van der Waals surface area (Å²) in [7, 11) is 0. The van der Waals surface area contributed by atoms with Gasteiger partial charge in [-0.3, -0.25) is 14.7 Å². The van der Waals surface area contributed by atoms with E-state index in [0.29, 0.717) is 43.6 Å². The Bertz CT molecular complexity index is 1410.